The van der Waals surface area contributed by atoms with E-state index < -0.39 is 22.7 Å². The van der Waals surface area contributed by atoms with E-state index in [-0.39, 0.29) is 10.6 Å². The fourth-order valence-electron chi connectivity index (χ4n) is 1.19. The van der Waals surface area contributed by atoms with Gasteiger partial charge in [-0.25, -0.2) is 4.39 Å². The maximum absolute atomic E-state index is 13.2. The summed E-state index contributed by atoms with van der Waals surface area (Å²) < 4.78 is 24.8. The molecule has 1 rings (SSSR count). The lowest BCUT2D eigenvalue weighted by molar-refractivity contribution is 0.198. The highest BCUT2D eigenvalue weighted by atomic mass is 32.2. The molecule has 2 unspecified atom stereocenters. The Bertz CT molecular complexity index is 346. The summed E-state index contributed by atoms with van der Waals surface area (Å²) in [7, 11) is 0.198. The molecule has 0 radical (unpaired) electrons. The van der Waals surface area contributed by atoms with Crippen molar-refractivity contribution >= 4 is 10.8 Å². The molecule has 5 heteroatoms. The van der Waals surface area contributed by atoms with Gasteiger partial charge in [0.15, 0.2) is 0 Å². The Morgan fingerprint density at radius 2 is 2.20 bits per heavy atom. The smallest absolute Gasteiger partial charge is 0.139 e. The molecule has 0 saturated carbocycles. The molecule has 0 bridgehead atoms. The van der Waals surface area contributed by atoms with Crippen LogP contribution in [0.25, 0.3) is 0 Å². The number of hydrogen-bond acceptors (Lipinski definition) is 3. The number of nitrogens with one attached hydrogen (secondary N) is 1. The fourth-order valence-corrected chi connectivity index (χ4v) is 2.35. The minimum Gasteiger partial charge on any atom is -0.391 e. The van der Waals surface area contributed by atoms with Crippen molar-refractivity contribution in [1.29, 1.82) is 0 Å². The molecule has 1 aromatic carbocycles. The lowest BCUT2D eigenvalue weighted by atomic mass is 10.3. The number of halogens is 1. The second-order valence-corrected chi connectivity index (χ2v) is 4.62. The van der Waals surface area contributed by atoms with E-state index >= 15 is 0 Å². The van der Waals surface area contributed by atoms with Crippen LogP contribution < -0.4 is 5.32 Å². The highest BCUT2D eigenvalue weighted by molar-refractivity contribution is 7.85. The number of benzene rings is 1. The summed E-state index contributed by atoms with van der Waals surface area (Å²) >= 11 is 0. The summed E-state index contributed by atoms with van der Waals surface area (Å²) in [5.41, 5.74) is 0. The van der Waals surface area contributed by atoms with Crippen LogP contribution in [-0.4, -0.2) is 34.8 Å². The van der Waals surface area contributed by atoms with E-state index in [1.54, 1.807) is 19.2 Å². The number of likely N-dealkylation sites (N-methyl/N-ethyl adjacent to an activating group) is 1. The molecule has 2 N–H and O–H groups in total. The highest BCUT2D eigenvalue weighted by Crippen LogP contribution is 2.12. The van der Waals surface area contributed by atoms with Gasteiger partial charge in [0.1, 0.15) is 5.82 Å². The van der Waals surface area contributed by atoms with Crippen molar-refractivity contribution in [1.82, 2.24) is 5.32 Å². The van der Waals surface area contributed by atoms with E-state index in [1.165, 1.54) is 12.1 Å². The predicted molar refractivity (Wildman–Crippen MR) is 57.6 cm³/mol. The molecule has 3 nitrogen and oxygen atoms in total. The Morgan fingerprint density at radius 3 is 2.80 bits per heavy atom. The van der Waals surface area contributed by atoms with Crippen LogP contribution >= 0.6 is 0 Å². The fraction of sp³-hybridized carbons (Fsp3) is 0.400. The topological polar surface area (TPSA) is 49.3 Å². The van der Waals surface area contributed by atoms with E-state index in [0.717, 1.165) is 0 Å². The third-order valence-electron chi connectivity index (χ3n) is 1.87. The number of aliphatic hydroxyl groups excluding tert-OH is 1. The van der Waals surface area contributed by atoms with Crippen molar-refractivity contribution in [2.45, 2.75) is 11.0 Å². The van der Waals surface area contributed by atoms with E-state index in [0.29, 0.717) is 6.54 Å². The predicted octanol–water partition coefficient (Wildman–Crippen LogP) is 0.514. The lowest BCUT2D eigenvalue weighted by Crippen LogP contribution is -2.28. The minimum atomic E-state index is -1.49. The standard InChI is InChI=1S/C10H14FNO2S/c1-12-6-8(13)7-15(14)10-5-3-2-4-9(10)11/h2-5,8,12-13H,6-7H2,1H3. The average molecular weight is 231 g/mol. The van der Waals surface area contributed by atoms with Gasteiger partial charge in [0.2, 0.25) is 0 Å². The molecule has 0 spiro atoms. The summed E-state index contributed by atoms with van der Waals surface area (Å²) in [4.78, 5) is 0.146. The van der Waals surface area contributed by atoms with E-state index in [2.05, 4.69) is 5.32 Å². The second kappa shape index (κ2) is 5.95. The van der Waals surface area contributed by atoms with Gasteiger partial charge >= 0.3 is 0 Å². The molecule has 0 saturated heterocycles. The summed E-state index contributed by atoms with van der Waals surface area (Å²) in [6.45, 7) is 0.347. The molecule has 2 atom stereocenters. The average Bonchev–Trinajstić information content (AvgIpc) is 2.18. The molecule has 15 heavy (non-hydrogen) atoms. The first kappa shape index (κ1) is 12.3. The van der Waals surface area contributed by atoms with Gasteiger partial charge in [-0.05, 0) is 19.2 Å². The van der Waals surface area contributed by atoms with Gasteiger partial charge in [0, 0.05) is 6.54 Å². The minimum absolute atomic E-state index is 0.0434. The van der Waals surface area contributed by atoms with Crippen LogP contribution in [0.1, 0.15) is 0 Å². The zero-order chi connectivity index (χ0) is 11.3. The lowest BCUT2D eigenvalue weighted by Gasteiger charge is -2.09. The Morgan fingerprint density at radius 1 is 1.53 bits per heavy atom. The second-order valence-electron chi connectivity index (χ2n) is 3.15. The Labute approximate surface area is 90.8 Å². The van der Waals surface area contributed by atoms with Gasteiger partial charge in [0.25, 0.3) is 0 Å². The van der Waals surface area contributed by atoms with Crippen LogP contribution in [-0.2, 0) is 10.8 Å². The normalized spacial score (nSPS) is 14.9. The molecular weight excluding hydrogens is 217 g/mol. The Balaban J connectivity index is 2.65. The van der Waals surface area contributed by atoms with E-state index in [9.17, 15) is 13.7 Å². The Kier molecular flexibility index (Phi) is 4.87. The van der Waals surface area contributed by atoms with Gasteiger partial charge in [-0.3, -0.25) is 4.21 Å². The van der Waals surface area contributed by atoms with Crippen molar-refractivity contribution in [2.75, 3.05) is 19.3 Å². The molecule has 84 valence electrons. The SMILES string of the molecule is CNCC(O)CS(=O)c1ccccc1F. The number of hydrogen-bond donors (Lipinski definition) is 2. The number of aliphatic hydroxyl groups is 1. The largest absolute Gasteiger partial charge is 0.391 e. The van der Waals surface area contributed by atoms with Gasteiger partial charge in [0.05, 0.1) is 27.6 Å². The van der Waals surface area contributed by atoms with Crippen molar-refractivity contribution < 1.29 is 13.7 Å². The molecule has 0 aliphatic rings. The van der Waals surface area contributed by atoms with Gasteiger partial charge in [-0.2, -0.15) is 0 Å². The maximum Gasteiger partial charge on any atom is 0.139 e. The highest BCUT2D eigenvalue weighted by Gasteiger charge is 2.13. The van der Waals surface area contributed by atoms with E-state index in [1.807, 2.05) is 0 Å². The third-order valence-corrected chi connectivity index (χ3v) is 3.37. The molecule has 0 amide bonds. The van der Waals surface area contributed by atoms with Crippen molar-refractivity contribution in [3.05, 3.63) is 30.1 Å². The summed E-state index contributed by atoms with van der Waals surface area (Å²) in [5.74, 6) is -0.450. The first-order valence-corrected chi connectivity index (χ1v) is 5.92. The van der Waals surface area contributed by atoms with Crippen LogP contribution in [0.2, 0.25) is 0 Å². The summed E-state index contributed by atoms with van der Waals surface area (Å²) in [6.07, 6.45) is -0.726. The van der Waals surface area contributed by atoms with Crippen LogP contribution in [0.15, 0.2) is 29.2 Å². The molecule has 0 aromatic heterocycles. The molecule has 0 aliphatic carbocycles. The van der Waals surface area contributed by atoms with Gasteiger partial charge < -0.3 is 10.4 Å². The summed E-state index contributed by atoms with van der Waals surface area (Å²) in [6, 6.07) is 5.90. The van der Waals surface area contributed by atoms with Crippen molar-refractivity contribution in [2.24, 2.45) is 0 Å². The van der Waals surface area contributed by atoms with Crippen molar-refractivity contribution in [3.63, 3.8) is 0 Å². The monoisotopic (exact) mass is 231 g/mol. The van der Waals surface area contributed by atoms with Gasteiger partial charge in [-0.15, -0.1) is 0 Å². The first-order valence-electron chi connectivity index (χ1n) is 4.60. The maximum atomic E-state index is 13.2. The zero-order valence-electron chi connectivity index (χ0n) is 8.44. The van der Waals surface area contributed by atoms with Crippen LogP contribution in [0.4, 0.5) is 4.39 Å². The molecule has 1 aromatic rings. The summed E-state index contributed by atoms with van der Waals surface area (Å²) in [5, 5.41) is 12.2. The Hall–Kier alpha value is -0.780. The molecule has 0 heterocycles. The molecule has 0 fully saturated rings. The third kappa shape index (κ3) is 3.70. The molecular formula is C10H14FNO2S. The quantitative estimate of drug-likeness (QED) is 0.776. The van der Waals surface area contributed by atoms with Gasteiger partial charge in [-0.1, -0.05) is 12.1 Å². The van der Waals surface area contributed by atoms with Crippen LogP contribution in [0.3, 0.4) is 0 Å². The number of rotatable bonds is 5. The molecule has 0 aliphatic heterocycles. The zero-order valence-corrected chi connectivity index (χ0v) is 9.26. The first-order chi connectivity index (χ1) is 7.15. The van der Waals surface area contributed by atoms with Crippen molar-refractivity contribution in [3.8, 4) is 0 Å². The van der Waals surface area contributed by atoms with Crippen LogP contribution in [0.5, 0.6) is 0 Å². The van der Waals surface area contributed by atoms with E-state index in [4.69, 9.17) is 0 Å². The van der Waals surface area contributed by atoms with Crippen LogP contribution in [0, 0.1) is 5.82 Å².